The normalized spacial score (nSPS) is 15.0. The smallest absolute Gasteiger partial charge is 0.180 e. The van der Waals surface area contributed by atoms with E-state index < -0.39 is 0 Å². The summed E-state index contributed by atoms with van der Waals surface area (Å²) < 4.78 is 11.3. The van der Waals surface area contributed by atoms with Gasteiger partial charge in [-0.1, -0.05) is 30.5 Å². The van der Waals surface area contributed by atoms with Crippen LogP contribution in [0.3, 0.4) is 0 Å². The quantitative estimate of drug-likeness (QED) is 0.759. The molecule has 23 heavy (non-hydrogen) atoms. The summed E-state index contributed by atoms with van der Waals surface area (Å²) in [4.78, 5) is 1.16. The molecule has 0 atom stereocenters. The zero-order valence-corrected chi connectivity index (χ0v) is 14.9. The fourth-order valence-electron chi connectivity index (χ4n) is 2.95. The van der Waals surface area contributed by atoms with Gasteiger partial charge in [-0.15, -0.1) is 11.3 Å². The molecule has 1 fully saturated rings. The fourth-order valence-corrected chi connectivity index (χ4v) is 3.85. The van der Waals surface area contributed by atoms with Crippen molar-refractivity contribution in [2.75, 3.05) is 7.11 Å². The minimum absolute atomic E-state index is 0.507. The van der Waals surface area contributed by atoms with Crippen LogP contribution in [0.4, 0.5) is 0 Å². The summed E-state index contributed by atoms with van der Waals surface area (Å²) in [7, 11) is 1.65. The van der Waals surface area contributed by atoms with Gasteiger partial charge in [0.1, 0.15) is 6.61 Å². The van der Waals surface area contributed by atoms with Crippen molar-refractivity contribution in [2.45, 2.75) is 44.9 Å². The number of thiophene rings is 1. The highest BCUT2D eigenvalue weighted by Gasteiger charge is 2.16. The van der Waals surface area contributed by atoms with Gasteiger partial charge in [-0.25, -0.2) is 0 Å². The molecule has 3 nitrogen and oxygen atoms in total. The summed E-state index contributed by atoms with van der Waals surface area (Å²) >= 11 is 8.09. The number of halogens is 1. The third kappa shape index (κ3) is 4.40. The van der Waals surface area contributed by atoms with E-state index in [2.05, 4.69) is 5.32 Å². The minimum Gasteiger partial charge on any atom is -0.493 e. The van der Waals surface area contributed by atoms with Crippen LogP contribution in [0.25, 0.3) is 0 Å². The van der Waals surface area contributed by atoms with Crippen LogP contribution in [-0.4, -0.2) is 13.2 Å². The van der Waals surface area contributed by atoms with Gasteiger partial charge in [-0.3, -0.25) is 0 Å². The molecular weight excluding hydrogens is 330 g/mol. The van der Waals surface area contributed by atoms with Gasteiger partial charge in [0.2, 0.25) is 0 Å². The highest BCUT2D eigenvalue weighted by molar-refractivity contribution is 7.09. The van der Waals surface area contributed by atoms with Crippen LogP contribution >= 0.6 is 22.9 Å². The Bertz CT molecular complexity index is 624. The molecule has 0 radical (unpaired) electrons. The lowest BCUT2D eigenvalue weighted by Crippen LogP contribution is -2.25. The molecule has 0 spiro atoms. The van der Waals surface area contributed by atoms with Gasteiger partial charge < -0.3 is 14.8 Å². The maximum absolute atomic E-state index is 6.42. The van der Waals surface area contributed by atoms with Crippen LogP contribution in [0, 0.1) is 0 Å². The van der Waals surface area contributed by atoms with Gasteiger partial charge >= 0.3 is 0 Å². The number of hydrogen-bond acceptors (Lipinski definition) is 4. The fraction of sp³-hybridized carbons (Fsp3) is 0.444. The molecule has 0 saturated heterocycles. The third-order valence-corrected chi connectivity index (χ3v) is 5.31. The monoisotopic (exact) mass is 351 g/mol. The molecule has 5 heteroatoms. The Morgan fingerprint density at radius 2 is 2.13 bits per heavy atom. The van der Waals surface area contributed by atoms with Crippen LogP contribution in [-0.2, 0) is 13.2 Å². The highest BCUT2D eigenvalue weighted by Crippen LogP contribution is 2.37. The number of benzene rings is 1. The van der Waals surface area contributed by atoms with E-state index in [0.29, 0.717) is 29.2 Å². The molecule has 1 aromatic carbocycles. The van der Waals surface area contributed by atoms with Gasteiger partial charge in [0, 0.05) is 17.5 Å². The lowest BCUT2D eigenvalue weighted by atomic mass is 10.1. The second-order valence-corrected chi connectivity index (χ2v) is 7.28. The highest BCUT2D eigenvalue weighted by atomic mass is 35.5. The van der Waals surface area contributed by atoms with Crippen molar-refractivity contribution < 1.29 is 9.47 Å². The lowest BCUT2D eigenvalue weighted by molar-refractivity contribution is 0.287. The summed E-state index contributed by atoms with van der Waals surface area (Å²) in [5.41, 5.74) is 1.13. The number of ether oxygens (including phenoxy) is 2. The van der Waals surface area contributed by atoms with Crippen LogP contribution in [0.5, 0.6) is 11.5 Å². The first-order valence-electron chi connectivity index (χ1n) is 8.01. The first-order chi connectivity index (χ1) is 11.3. The Morgan fingerprint density at radius 1 is 1.30 bits per heavy atom. The predicted octanol–water partition coefficient (Wildman–Crippen LogP) is 5.02. The van der Waals surface area contributed by atoms with Crippen LogP contribution in [0.1, 0.15) is 36.1 Å². The number of rotatable bonds is 7. The van der Waals surface area contributed by atoms with Crippen molar-refractivity contribution in [3.05, 3.63) is 45.1 Å². The van der Waals surface area contributed by atoms with Gasteiger partial charge in [0.15, 0.2) is 11.5 Å². The Hall–Kier alpha value is -1.23. The number of nitrogens with one attached hydrogen (secondary N) is 1. The van der Waals surface area contributed by atoms with E-state index in [9.17, 15) is 0 Å². The Labute approximate surface area is 146 Å². The molecule has 1 aromatic heterocycles. The van der Waals surface area contributed by atoms with Crippen molar-refractivity contribution in [2.24, 2.45) is 0 Å². The first kappa shape index (κ1) is 16.6. The molecule has 2 aromatic rings. The largest absolute Gasteiger partial charge is 0.493 e. The Kier molecular flexibility index (Phi) is 5.81. The van der Waals surface area contributed by atoms with Gasteiger partial charge in [-0.05, 0) is 42.0 Å². The van der Waals surface area contributed by atoms with E-state index in [1.165, 1.54) is 25.7 Å². The average molecular weight is 352 g/mol. The standard InChI is InChI=1S/C18H22ClNO2S/c1-21-17-10-13(11-20-14-5-2-3-6-14)9-16(19)18(17)22-12-15-7-4-8-23-15/h4,7-10,14,20H,2-3,5-6,11-12H2,1H3. The molecule has 124 valence electrons. The predicted molar refractivity (Wildman–Crippen MR) is 95.8 cm³/mol. The summed E-state index contributed by atoms with van der Waals surface area (Å²) in [6.07, 6.45) is 5.20. The average Bonchev–Trinajstić information content (AvgIpc) is 3.24. The number of hydrogen-bond donors (Lipinski definition) is 1. The first-order valence-corrected chi connectivity index (χ1v) is 9.27. The molecule has 1 N–H and O–H groups in total. The molecule has 0 aliphatic heterocycles. The summed E-state index contributed by atoms with van der Waals surface area (Å²) in [5, 5.41) is 6.23. The van der Waals surface area contributed by atoms with Gasteiger partial charge in [0.05, 0.1) is 12.1 Å². The van der Waals surface area contributed by atoms with Gasteiger partial charge in [0.25, 0.3) is 0 Å². The SMILES string of the molecule is COc1cc(CNC2CCCC2)cc(Cl)c1OCc1cccs1. The van der Waals surface area contributed by atoms with E-state index in [1.807, 2.05) is 29.6 Å². The third-order valence-electron chi connectivity index (χ3n) is 4.18. The van der Waals surface area contributed by atoms with Crippen LogP contribution in [0.2, 0.25) is 5.02 Å². The van der Waals surface area contributed by atoms with Crippen LogP contribution in [0.15, 0.2) is 29.6 Å². The van der Waals surface area contributed by atoms with E-state index >= 15 is 0 Å². The van der Waals surface area contributed by atoms with E-state index in [-0.39, 0.29) is 0 Å². The molecule has 1 heterocycles. The van der Waals surface area contributed by atoms with Crippen molar-refractivity contribution in [3.8, 4) is 11.5 Å². The van der Waals surface area contributed by atoms with E-state index in [1.54, 1.807) is 18.4 Å². The number of methoxy groups -OCH3 is 1. The maximum atomic E-state index is 6.42. The molecule has 0 amide bonds. The van der Waals surface area contributed by atoms with Crippen LogP contribution < -0.4 is 14.8 Å². The Balaban J connectivity index is 1.67. The molecule has 0 bridgehead atoms. The zero-order chi connectivity index (χ0) is 16.1. The lowest BCUT2D eigenvalue weighted by Gasteiger charge is -2.16. The molecule has 0 unspecified atom stereocenters. The Morgan fingerprint density at radius 3 is 2.83 bits per heavy atom. The molecule has 1 saturated carbocycles. The van der Waals surface area contributed by atoms with E-state index in [4.69, 9.17) is 21.1 Å². The summed E-state index contributed by atoms with van der Waals surface area (Å²) in [5.74, 6) is 1.31. The second kappa shape index (κ2) is 8.04. The second-order valence-electron chi connectivity index (χ2n) is 5.84. The molecule has 3 rings (SSSR count). The molecule has 1 aliphatic rings. The summed E-state index contributed by atoms with van der Waals surface area (Å²) in [6.45, 7) is 1.32. The van der Waals surface area contributed by atoms with Crippen molar-refractivity contribution in [3.63, 3.8) is 0 Å². The van der Waals surface area contributed by atoms with Crippen molar-refractivity contribution in [1.29, 1.82) is 0 Å². The minimum atomic E-state index is 0.507. The maximum Gasteiger partial charge on any atom is 0.180 e. The molecular formula is C18H22ClNO2S. The topological polar surface area (TPSA) is 30.5 Å². The van der Waals surface area contributed by atoms with Crippen molar-refractivity contribution in [1.82, 2.24) is 5.32 Å². The summed E-state index contributed by atoms with van der Waals surface area (Å²) in [6, 6.07) is 8.67. The van der Waals surface area contributed by atoms with E-state index in [0.717, 1.165) is 17.0 Å². The zero-order valence-electron chi connectivity index (χ0n) is 13.3. The van der Waals surface area contributed by atoms with Gasteiger partial charge in [-0.2, -0.15) is 0 Å². The molecule has 1 aliphatic carbocycles. The van der Waals surface area contributed by atoms with Crippen molar-refractivity contribution >= 4 is 22.9 Å².